The molecule has 0 aliphatic heterocycles. The van der Waals surface area contributed by atoms with Crippen molar-refractivity contribution in [3.63, 3.8) is 0 Å². The second-order valence-corrected chi connectivity index (χ2v) is 7.66. The van der Waals surface area contributed by atoms with Gasteiger partial charge in [0.2, 0.25) is 0 Å². The molecule has 0 aromatic rings. The van der Waals surface area contributed by atoms with Crippen LogP contribution in [0.5, 0.6) is 0 Å². The molecular formula is C17H37NO5Si. The molecule has 0 aromatic heterocycles. The summed E-state index contributed by atoms with van der Waals surface area (Å²) in [5.74, 6) is 0.463. The fourth-order valence-corrected chi connectivity index (χ4v) is 4.63. The topological polar surface area (TPSA) is 69.2 Å². The fraction of sp³-hybridized carbons (Fsp3) is 0.765. The van der Waals surface area contributed by atoms with Gasteiger partial charge in [-0.2, -0.15) is 0 Å². The van der Waals surface area contributed by atoms with Gasteiger partial charge in [0.25, 0.3) is 0 Å². The monoisotopic (exact) mass is 363 g/mol. The van der Waals surface area contributed by atoms with Gasteiger partial charge in [-0.15, -0.1) is 0 Å². The van der Waals surface area contributed by atoms with E-state index < -0.39 is 14.9 Å². The average molecular weight is 364 g/mol. The van der Waals surface area contributed by atoms with Crippen LogP contribution in [0.25, 0.3) is 0 Å². The number of hydrogen-bond acceptors (Lipinski definition) is 6. The zero-order valence-corrected chi connectivity index (χ0v) is 15.8. The van der Waals surface area contributed by atoms with E-state index in [1.54, 1.807) is 0 Å². The maximum Gasteiger partial charge on any atom is 0.500 e. The van der Waals surface area contributed by atoms with Crippen molar-refractivity contribution in [3.8, 4) is 0 Å². The summed E-state index contributed by atoms with van der Waals surface area (Å²) in [6, 6.07) is 0.759. The van der Waals surface area contributed by atoms with E-state index >= 15 is 0 Å². The lowest BCUT2D eigenvalue weighted by Crippen LogP contribution is -2.46. The van der Waals surface area contributed by atoms with Crippen LogP contribution in [0.1, 0.15) is 34.6 Å². The fourth-order valence-electron chi connectivity index (χ4n) is 2.02. The normalized spacial score (nSPS) is 12.3. The molecule has 24 heavy (non-hydrogen) atoms. The molecule has 0 aliphatic rings. The maximum absolute atomic E-state index is 9.78. The molecule has 1 unspecified atom stereocenters. The average Bonchev–Trinajstić information content (AvgIpc) is 2.53. The Labute approximate surface area is 149 Å². The minimum absolute atomic E-state index is 0. The molecule has 7 heteroatoms. The summed E-state index contributed by atoms with van der Waals surface area (Å²) in [6.45, 7) is 16.2. The molecule has 0 saturated carbocycles. The first-order valence-corrected chi connectivity index (χ1v) is 10.2. The SMILES string of the molecule is C.C=CC(=C)OCC(O)CNCCC[Si](OCC)(OCC)OCC. The van der Waals surface area contributed by atoms with Crippen LogP contribution < -0.4 is 5.32 Å². The summed E-state index contributed by atoms with van der Waals surface area (Å²) in [5, 5.41) is 13.0. The van der Waals surface area contributed by atoms with Crippen LogP contribution >= 0.6 is 0 Å². The predicted molar refractivity (Wildman–Crippen MR) is 101 cm³/mol. The molecule has 6 nitrogen and oxygen atoms in total. The van der Waals surface area contributed by atoms with Crippen LogP contribution in [0.4, 0.5) is 0 Å². The van der Waals surface area contributed by atoms with Crippen molar-refractivity contribution in [2.75, 3.05) is 39.5 Å². The number of ether oxygens (including phenoxy) is 1. The highest BCUT2D eigenvalue weighted by Gasteiger charge is 2.39. The standard InChI is InChI=1S/C16H33NO5Si.CH4/c1-6-15(5)19-14-16(18)13-17-11-10-12-23(20-7-2,21-8-3)22-9-4;/h6,16-18H,1,5,7-14H2,2-4H3;1H4. The summed E-state index contributed by atoms with van der Waals surface area (Å²) in [6.07, 6.45) is 1.79. The Kier molecular flexibility index (Phi) is 16.8. The highest BCUT2D eigenvalue weighted by molar-refractivity contribution is 6.60. The van der Waals surface area contributed by atoms with Crippen molar-refractivity contribution in [2.24, 2.45) is 0 Å². The largest absolute Gasteiger partial charge is 0.500 e. The van der Waals surface area contributed by atoms with E-state index in [0.717, 1.165) is 19.0 Å². The van der Waals surface area contributed by atoms with Crippen molar-refractivity contribution in [3.05, 3.63) is 25.0 Å². The summed E-state index contributed by atoms with van der Waals surface area (Å²) in [7, 11) is -2.56. The first-order valence-electron chi connectivity index (χ1n) is 8.28. The molecule has 1 atom stereocenters. The molecule has 2 N–H and O–H groups in total. The van der Waals surface area contributed by atoms with E-state index in [1.807, 2.05) is 20.8 Å². The minimum atomic E-state index is -2.56. The number of aliphatic hydroxyl groups excluding tert-OH is 1. The molecule has 0 bridgehead atoms. The Morgan fingerprint density at radius 1 is 1.17 bits per heavy atom. The highest BCUT2D eigenvalue weighted by atomic mass is 28.4. The molecule has 0 fully saturated rings. The molecule has 0 aromatic carbocycles. The molecule has 0 aliphatic carbocycles. The lowest BCUT2D eigenvalue weighted by atomic mass is 10.3. The third kappa shape index (κ3) is 11.8. The predicted octanol–water partition coefficient (Wildman–Crippen LogP) is 2.73. The van der Waals surface area contributed by atoms with E-state index in [1.165, 1.54) is 6.08 Å². The van der Waals surface area contributed by atoms with Crippen molar-refractivity contribution < 1.29 is 23.1 Å². The summed E-state index contributed by atoms with van der Waals surface area (Å²) >= 11 is 0. The van der Waals surface area contributed by atoms with Gasteiger partial charge < -0.3 is 28.4 Å². The second-order valence-electron chi connectivity index (χ2n) is 4.92. The Morgan fingerprint density at radius 3 is 2.17 bits per heavy atom. The molecule has 144 valence electrons. The third-order valence-electron chi connectivity index (χ3n) is 3.00. The molecule has 0 heterocycles. The first kappa shape index (κ1) is 25.5. The molecule has 0 amide bonds. The van der Waals surface area contributed by atoms with Gasteiger partial charge in [0.15, 0.2) is 0 Å². The van der Waals surface area contributed by atoms with E-state index in [9.17, 15) is 5.11 Å². The van der Waals surface area contributed by atoms with Gasteiger partial charge in [-0.05, 0) is 39.8 Å². The first-order chi connectivity index (χ1) is 11.0. The number of hydrogen-bond donors (Lipinski definition) is 2. The van der Waals surface area contributed by atoms with Crippen molar-refractivity contribution in [1.82, 2.24) is 5.32 Å². The maximum atomic E-state index is 9.78. The van der Waals surface area contributed by atoms with Crippen molar-refractivity contribution >= 4 is 8.80 Å². The lowest BCUT2D eigenvalue weighted by molar-refractivity contribution is 0.0696. The summed E-state index contributed by atoms with van der Waals surface area (Å²) in [5.41, 5.74) is 0. The van der Waals surface area contributed by atoms with Crippen LogP contribution in [0.3, 0.4) is 0 Å². The molecule has 0 radical (unpaired) electrons. The van der Waals surface area contributed by atoms with Gasteiger partial charge in [-0.1, -0.05) is 20.6 Å². The van der Waals surface area contributed by atoms with Gasteiger partial charge in [0.05, 0.1) is 0 Å². The second kappa shape index (κ2) is 15.8. The van der Waals surface area contributed by atoms with Crippen LogP contribution in [0, 0.1) is 0 Å². The quantitative estimate of drug-likeness (QED) is 0.190. The number of aliphatic hydroxyl groups is 1. The van der Waals surface area contributed by atoms with Crippen LogP contribution in [0.15, 0.2) is 25.0 Å². The van der Waals surface area contributed by atoms with E-state index in [2.05, 4.69) is 18.5 Å². The van der Waals surface area contributed by atoms with E-state index in [4.69, 9.17) is 18.0 Å². The summed E-state index contributed by atoms with van der Waals surface area (Å²) in [4.78, 5) is 0. The molecule has 0 rings (SSSR count). The third-order valence-corrected chi connectivity index (χ3v) is 6.15. The Bertz CT molecular complexity index is 311. The zero-order chi connectivity index (χ0) is 17.6. The Balaban J connectivity index is 0. The van der Waals surface area contributed by atoms with Crippen molar-refractivity contribution in [1.29, 1.82) is 0 Å². The van der Waals surface area contributed by atoms with Gasteiger partial charge in [-0.3, -0.25) is 0 Å². The lowest BCUT2D eigenvalue weighted by Gasteiger charge is -2.28. The van der Waals surface area contributed by atoms with E-state index in [-0.39, 0.29) is 14.0 Å². The van der Waals surface area contributed by atoms with Crippen LogP contribution in [-0.2, 0) is 18.0 Å². The highest BCUT2D eigenvalue weighted by Crippen LogP contribution is 2.17. The molecular weight excluding hydrogens is 326 g/mol. The Morgan fingerprint density at radius 2 is 1.71 bits per heavy atom. The smallest absolute Gasteiger partial charge is 0.491 e. The molecule has 0 saturated heterocycles. The minimum Gasteiger partial charge on any atom is -0.491 e. The zero-order valence-electron chi connectivity index (χ0n) is 14.8. The number of allylic oxidation sites excluding steroid dienone is 1. The Hall–Kier alpha value is -0.703. The molecule has 0 spiro atoms. The van der Waals surface area contributed by atoms with Gasteiger partial charge in [0, 0.05) is 32.4 Å². The van der Waals surface area contributed by atoms with Crippen LogP contribution in [-0.4, -0.2) is 59.5 Å². The van der Waals surface area contributed by atoms with Gasteiger partial charge in [0.1, 0.15) is 18.5 Å². The van der Waals surface area contributed by atoms with Gasteiger partial charge in [-0.25, -0.2) is 0 Å². The van der Waals surface area contributed by atoms with Crippen LogP contribution in [0.2, 0.25) is 6.04 Å². The van der Waals surface area contributed by atoms with E-state index in [0.29, 0.717) is 32.1 Å². The summed E-state index contributed by atoms with van der Waals surface area (Å²) < 4.78 is 22.6. The van der Waals surface area contributed by atoms with Gasteiger partial charge >= 0.3 is 8.80 Å². The van der Waals surface area contributed by atoms with Crippen molar-refractivity contribution in [2.45, 2.75) is 46.8 Å². The number of rotatable bonds is 16. The number of nitrogens with one attached hydrogen (secondary N) is 1.